The Hall–Kier alpha value is -0.790. The topological polar surface area (TPSA) is 63.4 Å². The van der Waals surface area contributed by atoms with Crippen LogP contribution in [0.4, 0.5) is 10.1 Å². The summed E-state index contributed by atoms with van der Waals surface area (Å²) in [5.74, 6) is 0.00345. The van der Waals surface area contributed by atoms with Crippen LogP contribution in [0.1, 0.15) is 18.9 Å². The van der Waals surface area contributed by atoms with Gasteiger partial charge in [-0.2, -0.15) is 16.1 Å². The van der Waals surface area contributed by atoms with Gasteiger partial charge in [0.2, 0.25) is 10.0 Å². The average Bonchev–Trinajstić information content (AvgIpc) is 2.42. The molecule has 7 heteroatoms. The molecule has 0 amide bonds. The summed E-state index contributed by atoms with van der Waals surface area (Å²) >= 11 is 1.76. The zero-order valence-corrected chi connectivity index (χ0v) is 13.2. The van der Waals surface area contributed by atoms with Gasteiger partial charge >= 0.3 is 0 Å². The molecular formula is C13H19FN2O2S2. The number of nitrogens with zero attached hydrogens (tertiary/aromatic N) is 1. The fraction of sp³-hybridized carbons (Fsp3) is 0.538. The maximum Gasteiger partial charge on any atom is 0.246 e. The number of nitrogen functional groups attached to an aromatic ring is 1. The van der Waals surface area contributed by atoms with Crippen molar-refractivity contribution in [1.29, 1.82) is 0 Å². The van der Waals surface area contributed by atoms with E-state index < -0.39 is 15.8 Å². The highest BCUT2D eigenvalue weighted by Gasteiger charge is 2.32. The molecule has 1 heterocycles. The highest BCUT2D eigenvalue weighted by molar-refractivity contribution is 8.00. The van der Waals surface area contributed by atoms with Crippen LogP contribution in [0.5, 0.6) is 0 Å². The lowest BCUT2D eigenvalue weighted by molar-refractivity contribution is 0.412. The standard InChI is InChI=1S/C13H19FN2O2S2/c1-3-10-8-16(4-5-19-10)20(17,18)13-7-12(15)9(2)6-11(13)14/h6-7,10H,3-5,8,15H2,1-2H3. The van der Waals surface area contributed by atoms with Gasteiger partial charge in [-0.15, -0.1) is 0 Å². The van der Waals surface area contributed by atoms with Crippen LogP contribution >= 0.6 is 11.8 Å². The van der Waals surface area contributed by atoms with E-state index in [2.05, 4.69) is 0 Å². The highest BCUT2D eigenvalue weighted by atomic mass is 32.2. The SMILES string of the molecule is CCC1CN(S(=O)(=O)c2cc(N)c(C)cc2F)CCS1. The fourth-order valence-electron chi connectivity index (χ4n) is 2.16. The third kappa shape index (κ3) is 2.94. The van der Waals surface area contributed by atoms with Crippen molar-refractivity contribution in [2.75, 3.05) is 24.6 Å². The molecular weight excluding hydrogens is 299 g/mol. The van der Waals surface area contributed by atoms with Crippen LogP contribution in [-0.4, -0.2) is 36.8 Å². The molecule has 1 aromatic carbocycles. The van der Waals surface area contributed by atoms with Crippen molar-refractivity contribution < 1.29 is 12.8 Å². The molecule has 0 spiro atoms. The molecule has 1 saturated heterocycles. The molecule has 0 radical (unpaired) electrons. The van der Waals surface area contributed by atoms with Crippen LogP contribution in [0, 0.1) is 12.7 Å². The number of nitrogens with two attached hydrogens (primary N) is 1. The first-order valence-corrected chi connectivity index (χ1v) is 9.02. The van der Waals surface area contributed by atoms with Gasteiger partial charge in [0.05, 0.1) is 0 Å². The van der Waals surface area contributed by atoms with Crippen LogP contribution in [0.2, 0.25) is 0 Å². The summed E-state index contributed by atoms with van der Waals surface area (Å²) in [6.07, 6.45) is 0.898. The normalized spacial score (nSPS) is 21.1. The van der Waals surface area contributed by atoms with E-state index in [-0.39, 0.29) is 10.1 Å². The summed E-state index contributed by atoms with van der Waals surface area (Å²) in [6, 6.07) is 2.40. The monoisotopic (exact) mass is 318 g/mol. The molecule has 1 unspecified atom stereocenters. The molecule has 0 aromatic heterocycles. The van der Waals surface area contributed by atoms with Gasteiger partial charge in [0.25, 0.3) is 0 Å². The van der Waals surface area contributed by atoms with Crippen molar-refractivity contribution in [3.8, 4) is 0 Å². The summed E-state index contributed by atoms with van der Waals surface area (Å²) in [5, 5.41) is 0.268. The average molecular weight is 318 g/mol. The first-order chi connectivity index (χ1) is 9.36. The van der Waals surface area contributed by atoms with Gasteiger partial charge in [0, 0.05) is 29.8 Å². The zero-order chi connectivity index (χ0) is 14.9. The quantitative estimate of drug-likeness (QED) is 0.868. The van der Waals surface area contributed by atoms with E-state index in [9.17, 15) is 12.8 Å². The van der Waals surface area contributed by atoms with Gasteiger partial charge in [0.15, 0.2) is 0 Å². The first-order valence-electron chi connectivity index (χ1n) is 6.53. The van der Waals surface area contributed by atoms with Gasteiger partial charge in [-0.05, 0) is 31.0 Å². The highest BCUT2D eigenvalue weighted by Crippen LogP contribution is 2.29. The molecule has 0 bridgehead atoms. The molecule has 2 N–H and O–H groups in total. The van der Waals surface area contributed by atoms with Crippen molar-refractivity contribution in [2.24, 2.45) is 0 Å². The lowest BCUT2D eigenvalue weighted by atomic mass is 10.2. The van der Waals surface area contributed by atoms with E-state index in [0.717, 1.165) is 12.2 Å². The minimum atomic E-state index is -3.81. The Bertz CT molecular complexity index is 605. The van der Waals surface area contributed by atoms with Gasteiger partial charge in [-0.25, -0.2) is 12.8 Å². The van der Waals surface area contributed by atoms with Crippen LogP contribution in [0.15, 0.2) is 17.0 Å². The number of sulfonamides is 1. The number of halogens is 1. The minimum Gasteiger partial charge on any atom is -0.398 e. The second kappa shape index (κ2) is 5.91. The lowest BCUT2D eigenvalue weighted by Gasteiger charge is -2.31. The smallest absolute Gasteiger partial charge is 0.246 e. The molecule has 1 aliphatic heterocycles. The van der Waals surface area contributed by atoms with E-state index in [4.69, 9.17) is 5.73 Å². The van der Waals surface area contributed by atoms with Gasteiger partial charge in [0.1, 0.15) is 10.7 Å². The summed E-state index contributed by atoms with van der Waals surface area (Å²) in [4.78, 5) is -0.317. The summed E-state index contributed by atoms with van der Waals surface area (Å²) in [5.41, 5.74) is 6.55. The molecule has 0 saturated carbocycles. The molecule has 1 aliphatic rings. The molecule has 1 atom stereocenters. The largest absolute Gasteiger partial charge is 0.398 e. The lowest BCUT2D eigenvalue weighted by Crippen LogP contribution is -2.42. The maximum atomic E-state index is 14.0. The summed E-state index contributed by atoms with van der Waals surface area (Å²) in [7, 11) is -3.81. The Kier molecular flexibility index (Phi) is 4.61. The van der Waals surface area contributed by atoms with Crippen molar-refractivity contribution in [3.63, 3.8) is 0 Å². The van der Waals surface area contributed by atoms with Crippen molar-refractivity contribution in [3.05, 3.63) is 23.5 Å². The molecule has 1 fully saturated rings. The van der Waals surface area contributed by atoms with Gasteiger partial charge in [-0.1, -0.05) is 6.92 Å². The van der Waals surface area contributed by atoms with Crippen LogP contribution in [0.25, 0.3) is 0 Å². The van der Waals surface area contributed by atoms with Crippen LogP contribution in [0.3, 0.4) is 0 Å². The van der Waals surface area contributed by atoms with Crippen molar-refractivity contribution in [2.45, 2.75) is 30.4 Å². The number of rotatable bonds is 3. The first kappa shape index (κ1) is 15.6. The Morgan fingerprint density at radius 1 is 1.50 bits per heavy atom. The minimum absolute atomic E-state index is 0.268. The Morgan fingerprint density at radius 3 is 2.85 bits per heavy atom. The fourth-order valence-corrected chi connectivity index (χ4v) is 5.12. The van der Waals surface area contributed by atoms with E-state index in [1.807, 2.05) is 6.92 Å². The van der Waals surface area contributed by atoms with E-state index in [0.29, 0.717) is 24.3 Å². The maximum absolute atomic E-state index is 14.0. The molecule has 1 aromatic rings. The second-order valence-electron chi connectivity index (χ2n) is 4.90. The predicted molar refractivity (Wildman–Crippen MR) is 80.8 cm³/mol. The summed E-state index contributed by atoms with van der Waals surface area (Å²) in [6.45, 7) is 4.52. The molecule has 20 heavy (non-hydrogen) atoms. The Morgan fingerprint density at radius 2 is 2.20 bits per heavy atom. The number of hydrogen-bond acceptors (Lipinski definition) is 4. The van der Waals surface area contributed by atoms with Gasteiger partial charge in [-0.3, -0.25) is 0 Å². The number of thioether (sulfide) groups is 1. The van der Waals surface area contributed by atoms with E-state index in [1.54, 1.807) is 18.7 Å². The van der Waals surface area contributed by atoms with Gasteiger partial charge < -0.3 is 5.73 Å². The molecule has 2 rings (SSSR count). The number of anilines is 1. The summed E-state index contributed by atoms with van der Waals surface area (Å²) < 4.78 is 40.5. The zero-order valence-electron chi connectivity index (χ0n) is 11.6. The predicted octanol–water partition coefficient (Wildman–Crippen LogP) is 2.23. The van der Waals surface area contributed by atoms with E-state index >= 15 is 0 Å². The third-order valence-corrected chi connectivity index (χ3v) is 6.75. The number of hydrogen-bond donors (Lipinski definition) is 1. The number of benzene rings is 1. The molecule has 112 valence electrons. The van der Waals surface area contributed by atoms with Crippen LogP contribution in [-0.2, 0) is 10.0 Å². The van der Waals surface area contributed by atoms with E-state index in [1.165, 1.54) is 16.4 Å². The third-order valence-electron chi connectivity index (χ3n) is 3.50. The Balaban J connectivity index is 2.37. The molecule has 0 aliphatic carbocycles. The van der Waals surface area contributed by atoms with Crippen molar-refractivity contribution >= 4 is 27.5 Å². The Labute approximate surface area is 123 Å². The van der Waals surface area contributed by atoms with Crippen LogP contribution < -0.4 is 5.73 Å². The van der Waals surface area contributed by atoms with Crippen molar-refractivity contribution in [1.82, 2.24) is 4.31 Å². The number of aryl methyl sites for hydroxylation is 1. The molecule has 4 nitrogen and oxygen atoms in total. The second-order valence-corrected chi connectivity index (χ2v) is 8.22.